The zero-order chi connectivity index (χ0) is 28.9. The van der Waals surface area contributed by atoms with Crippen LogP contribution in [0.2, 0.25) is 0 Å². The van der Waals surface area contributed by atoms with Crippen LogP contribution in [0.5, 0.6) is 11.5 Å². The molecule has 0 saturated carbocycles. The number of ether oxygens (including phenoxy) is 4. The molecule has 4 rings (SSSR count). The number of ketones is 3. The molecule has 0 unspecified atom stereocenters. The van der Waals surface area contributed by atoms with Crippen LogP contribution in [0.4, 0.5) is 0 Å². The molecular formula is C33H56O8. The van der Waals surface area contributed by atoms with Gasteiger partial charge in [0.1, 0.15) is 6.10 Å². The first kappa shape index (κ1) is 40.4. The average Bonchev–Trinajstić information content (AvgIpc) is 3.57. The number of cyclic esters (lactones) is 1. The summed E-state index contributed by atoms with van der Waals surface area (Å²) in [4.78, 5) is 45.8. The molecule has 0 amide bonds. The second-order valence-electron chi connectivity index (χ2n) is 12.9. The fourth-order valence-electron chi connectivity index (χ4n) is 3.93. The standard InChI is InChI=1S/C12H14O3.C9H14O3.C9H16O2.3CH4/c1-12(2,3)11(13)8-4-5-9-10(6-8)15-7-14-9;1-9(2,3)8(11)6-4-5-7(10)12-6;1-9(2,3)8(10)7-5-4-6-11-7;;;/h4-6H,7H2,1-3H3;6H,4-5H2,1-3H3;7H,4-6H2,1-3H3;3*1H4/t;6-;7-;;;/m.11.../s1. The smallest absolute Gasteiger partial charge is 0.306 e. The minimum atomic E-state index is -0.488. The molecular weight excluding hydrogens is 524 g/mol. The van der Waals surface area contributed by atoms with E-state index >= 15 is 0 Å². The molecule has 3 heterocycles. The zero-order valence-corrected chi connectivity index (χ0v) is 24.4. The number of rotatable bonds is 3. The Morgan fingerprint density at radius 2 is 1.27 bits per heavy atom. The van der Waals surface area contributed by atoms with Gasteiger partial charge >= 0.3 is 5.97 Å². The van der Waals surface area contributed by atoms with Gasteiger partial charge < -0.3 is 18.9 Å². The third kappa shape index (κ3) is 12.0. The summed E-state index contributed by atoms with van der Waals surface area (Å²) in [6.45, 7) is 18.0. The van der Waals surface area contributed by atoms with Crippen LogP contribution in [-0.4, -0.2) is 48.9 Å². The van der Waals surface area contributed by atoms with Crippen LogP contribution in [0, 0.1) is 16.2 Å². The molecule has 8 nitrogen and oxygen atoms in total. The Morgan fingerprint density at radius 3 is 1.71 bits per heavy atom. The predicted molar refractivity (Wildman–Crippen MR) is 164 cm³/mol. The van der Waals surface area contributed by atoms with Gasteiger partial charge in [0.25, 0.3) is 0 Å². The normalized spacial score (nSPS) is 19.0. The third-order valence-corrected chi connectivity index (χ3v) is 6.19. The molecule has 0 spiro atoms. The number of esters is 1. The van der Waals surface area contributed by atoms with E-state index in [1.54, 1.807) is 18.2 Å². The van der Waals surface area contributed by atoms with Gasteiger partial charge in [0.05, 0.1) is 0 Å². The Balaban J connectivity index is 0. The Labute approximate surface area is 248 Å². The molecule has 2 saturated heterocycles. The number of hydrogen-bond acceptors (Lipinski definition) is 8. The van der Waals surface area contributed by atoms with Crippen molar-refractivity contribution in [2.75, 3.05) is 13.4 Å². The number of fused-ring (bicyclic) bond motifs is 1. The highest BCUT2D eigenvalue weighted by molar-refractivity contribution is 6.00. The first-order chi connectivity index (χ1) is 17.4. The van der Waals surface area contributed by atoms with Gasteiger partial charge in [-0.05, 0) is 31.0 Å². The Bertz CT molecular complexity index is 1020. The highest BCUT2D eigenvalue weighted by Gasteiger charge is 2.36. The lowest BCUT2D eigenvalue weighted by Crippen LogP contribution is -2.32. The summed E-state index contributed by atoms with van der Waals surface area (Å²) in [5.41, 5.74) is -0.343. The van der Waals surface area contributed by atoms with Crippen molar-refractivity contribution >= 4 is 23.3 Å². The number of carbonyl (C=O) groups is 4. The molecule has 0 aromatic heterocycles. The first-order valence-corrected chi connectivity index (χ1v) is 13.3. The molecule has 0 bridgehead atoms. The summed E-state index contributed by atoms with van der Waals surface area (Å²) in [6.07, 6.45) is 2.27. The summed E-state index contributed by atoms with van der Waals surface area (Å²) in [5, 5.41) is 0. The number of Topliss-reactive ketones (excluding diaryl/α,β-unsaturated/α-hetero) is 3. The van der Waals surface area contributed by atoms with Crippen LogP contribution in [0.15, 0.2) is 18.2 Å². The van der Waals surface area contributed by atoms with Crippen molar-refractivity contribution in [3.8, 4) is 11.5 Å². The van der Waals surface area contributed by atoms with Gasteiger partial charge in [-0.15, -0.1) is 0 Å². The van der Waals surface area contributed by atoms with E-state index in [1.165, 1.54) is 0 Å². The van der Waals surface area contributed by atoms with Crippen molar-refractivity contribution in [3.05, 3.63) is 23.8 Å². The van der Waals surface area contributed by atoms with Crippen LogP contribution in [0.25, 0.3) is 0 Å². The summed E-state index contributed by atoms with van der Waals surface area (Å²) in [7, 11) is 0. The highest BCUT2D eigenvalue weighted by atomic mass is 16.7. The minimum Gasteiger partial charge on any atom is -0.454 e. The van der Waals surface area contributed by atoms with E-state index in [4.69, 9.17) is 18.9 Å². The highest BCUT2D eigenvalue weighted by Crippen LogP contribution is 2.34. The summed E-state index contributed by atoms with van der Waals surface area (Å²) in [6, 6.07) is 5.30. The van der Waals surface area contributed by atoms with Crippen molar-refractivity contribution < 1.29 is 38.1 Å². The molecule has 236 valence electrons. The molecule has 0 N–H and O–H groups in total. The van der Waals surface area contributed by atoms with Crippen LogP contribution < -0.4 is 9.47 Å². The molecule has 3 aliphatic heterocycles. The van der Waals surface area contributed by atoms with Crippen LogP contribution >= 0.6 is 0 Å². The van der Waals surface area contributed by atoms with Gasteiger partial charge in [-0.3, -0.25) is 19.2 Å². The molecule has 1 aromatic rings. The van der Waals surface area contributed by atoms with E-state index in [9.17, 15) is 19.2 Å². The van der Waals surface area contributed by atoms with Gasteiger partial charge in [-0.1, -0.05) is 84.6 Å². The fraction of sp³-hybridized carbons (Fsp3) is 0.697. The number of benzene rings is 1. The fourth-order valence-corrected chi connectivity index (χ4v) is 3.93. The molecule has 3 aliphatic rings. The second-order valence-corrected chi connectivity index (χ2v) is 12.9. The Hall–Kier alpha value is -2.74. The van der Waals surface area contributed by atoms with Gasteiger partial charge in [0.2, 0.25) is 6.79 Å². The van der Waals surface area contributed by atoms with Crippen molar-refractivity contribution in [3.63, 3.8) is 0 Å². The molecule has 1 aromatic carbocycles. The third-order valence-electron chi connectivity index (χ3n) is 6.19. The van der Waals surface area contributed by atoms with Gasteiger partial charge in [0.15, 0.2) is 35.0 Å². The van der Waals surface area contributed by atoms with Crippen molar-refractivity contribution in [2.24, 2.45) is 16.2 Å². The largest absolute Gasteiger partial charge is 0.454 e. The van der Waals surface area contributed by atoms with Gasteiger partial charge in [-0.2, -0.15) is 0 Å². The van der Waals surface area contributed by atoms with E-state index in [0.29, 0.717) is 29.9 Å². The summed E-state index contributed by atoms with van der Waals surface area (Å²) >= 11 is 0. The monoisotopic (exact) mass is 580 g/mol. The van der Waals surface area contributed by atoms with Crippen LogP contribution in [0.3, 0.4) is 0 Å². The minimum absolute atomic E-state index is 0. The lowest BCUT2D eigenvalue weighted by atomic mass is 9.86. The lowest BCUT2D eigenvalue weighted by Gasteiger charge is -2.20. The lowest BCUT2D eigenvalue weighted by molar-refractivity contribution is -0.150. The van der Waals surface area contributed by atoms with E-state index < -0.39 is 11.5 Å². The Morgan fingerprint density at radius 1 is 0.732 bits per heavy atom. The summed E-state index contributed by atoms with van der Waals surface area (Å²) in [5.74, 6) is 1.49. The van der Waals surface area contributed by atoms with E-state index in [0.717, 1.165) is 19.4 Å². The van der Waals surface area contributed by atoms with E-state index in [1.807, 2.05) is 62.3 Å². The van der Waals surface area contributed by atoms with Crippen LogP contribution in [0.1, 0.15) is 121 Å². The zero-order valence-electron chi connectivity index (χ0n) is 24.4. The topological polar surface area (TPSA) is 105 Å². The number of carbonyl (C=O) groups excluding carboxylic acids is 4. The maximum atomic E-state index is 12.0. The average molecular weight is 581 g/mol. The molecule has 2 atom stereocenters. The maximum Gasteiger partial charge on any atom is 0.306 e. The van der Waals surface area contributed by atoms with E-state index in [-0.39, 0.29) is 69.3 Å². The maximum absolute atomic E-state index is 12.0. The molecule has 0 aliphatic carbocycles. The van der Waals surface area contributed by atoms with E-state index in [2.05, 4.69) is 0 Å². The molecule has 8 heteroatoms. The second kappa shape index (κ2) is 16.0. The SMILES string of the molecule is C.C.C.CC(C)(C)C(=O)[C@H]1CCC(=O)O1.CC(C)(C)C(=O)[C@H]1CCCO1.CC(C)(C)C(=O)c1ccc2c(c1)OCO2. The predicted octanol–water partition coefficient (Wildman–Crippen LogP) is 7.64. The van der Waals surface area contributed by atoms with Gasteiger partial charge in [-0.25, -0.2) is 0 Å². The molecule has 41 heavy (non-hydrogen) atoms. The first-order valence-electron chi connectivity index (χ1n) is 13.3. The number of hydrogen-bond donors (Lipinski definition) is 0. The van der Waals surface area contributed by atoms with Crippen molar-refractivity contribution in [1.29, 1.82) is 0 Å². The van der Waals surface area contributed by atoms with Crippen LogP contribution in [-0.2, 0) is 23.9 Å². The van der Waals surface area contributed by atoms with Gasteiger partial charge in [0, 0.05) is 41.3 Å². The summed E-state index contributed by atoms with van der Waals surface area (Å²) < 4.78 is 20.6. The van der Waals surface area contributed by atoms with Crippen molar-refractivity contribution in [2.45, 2.75) is 122 Å². The van der Waals surface area contributed by atoms with Crippen molar-refractivity contribution in [1.82, 2.24) is 0 Å². The Kier molecular flexibility index (Phi) is 15.8. The molecule has 2 fully saturated rings. The molecule has 0 radical (unpaired) electrons. The quantitative estimate of drug-likeness (QED) is 0.265.